The highest BCUT2D eigenvalue weighted by Crippen LogP contribution is 2.21. The maximum atomic E-state index is 12.5. The summed E-state index contributed by atoms with van der Waals surface area (Å²) in [5, 5.41) is 10.4. The summed E-state index contributed by atoms with van der Waals surface area (Å²) < 4.78 is 1.65. The molecule has 6 heteroatoms. The Bertz CT molecular complexity index is 610. The fourth-order valence-electron chi connectivity index (χ4n) is 2.72. The predicted molar refractivity (Wildman–Crippen MR) is 80.2 cm³/mol. The number of carbonyl (C=O) groups is 1. The summed E-state index contributed by atoms with van der Waals surface area (Å²) >= 11 is 0. The number of para-hydroxylation sites is 2. The Balaban J connectivity index is 1.80. The lowest BCUT2D eigenvalue weighted by Crippen LogP contribution is -2.48. The summed E-state index contributed by atoms with van der Waals surface area (Å²) in [6, 6.07) is 7.45. The van der Waals surface area contributed by atoms with Gasteiger partial charge in [-0.3, -0.25) is 4.79 Å². The highest BCUT2D eigenvalue weighted by Gasteiger charge is 2.27. The molecule has 1 saturated heterocycles. The van der Waals surface area contributed by atoms with Crippen molar-refractivity contribution in [2.75, 3.05) is 11.9 Å². The number of nitrogens with zero attached hydrogens (tertiary/aromatic N) is 3. The molecule has 2 atom stereocenters. The molecule has 6 nitrogen and oxygen atoms in total. The number of aromatic nitrogens is 3. The van der Waals surface area contributed by atoms with Gasteiger partial charge in [-0.25, -0.2) is 9.67 Å². The zero-order valence-electron chi connectivity index (χ0n) is 12.0. The molecule has 0 aliphatic carbocycles. The summed E-state index contributed by atoms with van der Waals surface area (Å²) in [5.41, 5.74) is 1.55. The first-order chi connectivity index (χ1) is 10.3. The number of benzene rings is 1. The Hall–Kier alpha value is -2.21. The average molecular weight is 285 g/mol. The number of hydrogen-bond donors (Lipinski definition) is 2. The van der Waals surface area contributed by atoms with Crippen LogP contribution in [0.2, 0.25) is 0 Å². The van der Waals surface area contributed by atoms with Gasteiger partial charge in [-0.05, 0) is 37.4 Å². The lowest BCUT2D eigenvalue weighted by atomic mass is 9.92. The van der Waals surface area contributed by atoms with E-state index in [-0.39, 0.29) is 11.9 Å². The zero-order chi connectivity index (χ0) is 14.7. The largest absolute Gasteiger partial charge is 0.323 e. The van der Waals surface area contributed by atoms with Crippen LogP contribution in [0.1, 0.15) is 19.8 Å². The molecule has 21 heavy (non-hydrogen) atoms. The molecule has 2 heterocycles. The molecule has 3 rings (SSSR count). The van der Waals surface area contributed by atoms with Crippen LogP contribution < -0.4 is 10.6 Å². The van der Waals surface area contributed by atoms with Gasteiger partial charge in [0, 0.05) is 0 Å². The van der Waals surface area contributed by atoms with Crippen LogP contribution in [-0.4, -0.2) is 33.3 Å². The highest BCUT2D eigenvalue weighted by molar-refractivity contribution is 5.96. The van der Waals surface area contributed by atoms with Crippen LogP contribution in [-0.2, 0) is 4.79 Å². The number of hydrogen-bond acceptors (Lipinski definition) is 4. The van der Waals surface area contributed by atoms with Crippen LogP contribution >= 0.6 is 0 Å². The first kappa shape index (κ1) is 13.8. The van der Waals surface area contributed by atoms with Crippen molar-refractivity contribution < 1.29 is 4.79 Å². The summed E-state index contributed by atoms with van der Waals surface area (Å²) in [6.45, 7) is 3.01. The van der Waals surface area contributed by atoms with Crippen molar-refractivity contribution in [2.24, 2.45) is 5.92 Å². The van der Waals surface area contributed by atoms with Crippen LogP contribution in [0.3, 0.4) is 0 Å². The lowest BCUT2D eigenvalue weighted by Gasteiger charge is -2.29. The summed E-state index contributed by atoms with van der Waals surface area (Å²) in [4.78, 5) is 16.4. The first-order valence-electron chi connectivity index (χ1n) is 7.24. The van der Waals surface area contributed by atoms with E-state index >= 15 is 0 Å². The average Bonchev–Trinajstić information content (AvgIpc) is 3.02. The molecule has 1 aliphatic rings. The maximum absolute atomic E-state index is 12.5. The predicted octanol–water partition coefficient (Wildman–Crippen LogP) is 1.59. The Morgan fingerprint density at radius 2 is 2.29 bits per heavy atom. The minimum absolute atomic E-state index is 0.00904. The third kappa shape index (κ3) is 2.95. The normalized spacial score (nSPS) is 22.0. The van der Waals surface area contributed by atoms with Gasteiger partial charge >= 0.3 is 0 Å². The molecule has 2 N–H and O–H groups in total. The number of nitrogens with one attached hydrogen (secondary N) is 2. The zero-order valence-corrected chi connectivity index (χ0v) is 12.0. The van der Waals surface area contributed by atoms with Gasteiger partial charge in [0.2, 0.25) is 5.91 Å². The van der Waals surface area contributed by atoms with Crippen molar-refractivity contribution in [1.29, 1.82) is 0 Å². The second kappa shape index (κ2) is 6.05. The van der Waals surface area contributed by atoms with Gasteiger partial charge < -0.3 is 10.6 Å². The molecule has 2 aromatic rings. The third-order valence-electron chi connectivity index (χ3n) is 3.88. The summed E-state index contributed by atoms with van der Waals surface area (Å²) in [7, 11) is 0. The van der Waals surface area contributed by atoms with Crippen LogP contribution in [0.5, 0.6) is 0 Å². The van der Waals surface area contributed by atoms with E-state index in [4.69, 9.17) is 0 Å². The second-order valence-corrected chi connectivity index (χ2v) is 5.40. The van der Waals surface area contributed by atoms with Gasteiger partial charge in [0.1, 0.15) is 12.7 Å². The van der Waals surface area contributed by atoms with E-state index in [9.17, 15) is 4.79 Å². The molecule has 1 aromatic heterocycles. The van der Waals surface area contributed by atoms with Crippen LogP contribution in [0.15, 0.2) is 36.9 Å². The number of rotatable bonds is 3. The van der Waals surface area contributed by atoms with Gasteiger partial charge in [0.15, 0.2) is 0 Å². The van der Waals surface area contributed by atoms with Gasteiger partial charge in [-0.15, -0.1) is 0 Å². The first-order valence-corrected chi connectivity index (χ1v) is 7.24. The van der Waals surface area contributed by atoms with E-state index in [0.29, 0.717) is 5.92 Å². The monoisotopic (exact) mass is 285 g/mol. The van der Waals surface area contributed by atoms with Gasteiger partial charge in [-0.1, -0.05) is 19.1 Å². The van der Waals surface area contributed by atoms with Crippen molar-refractivity contribution in [3.8, 4) is 5.69 Å². The van der Waals surface area contributed by atoms with E-state index in [1.807, 2.05) is 24.3 Å². The smallest absolute Gasteiger partial charge is 0.241 e. The van der Waals surface area contributed by atoms with Gasteiger partial charge in [0.05, 0.1) is 17.4 Å². The Labute approximate surface area is 123 Å². The minimum Gasteiger partial charge on any atom is -0.323 e. The molecule has 0 saturated carbocycles. The molecule has 1 fully saturated rings. The SMILES string of the molecule is CC1CCCNC1C(=O)Nc1ccccc1-n1cncn1. The highest BCUT2D eigenvalue weighted by atomic mass is 16.2. The number of carbonyl (C=O) groups excluding carboxylic acids is 1. The number of anilines is 1. The molecular formula is C15H19N5O. The molecular weight excluding hydrogens is 266 g/mol. The molecule has 1 amide bonds. The molecule has 0 spiro atoms. The fourth-order valence-corrected chi connectivity index (χ4v) is 2.72. The standard InChI is InChI=1S/C15H19N5O/c1-11-5-4-8-17-14(11)15(21)19-12-6-2-3-7-13(12)20-10-16-9-18-20/h2-3,6-7,9-11,14,17H,4-5,8H2,1H3,(H,19,21). The molecule has 0 bridgehead atoms. The van der Waals surface area contributed by atoms with Crippen molar-refractivity contribution in [3.63, 3.8) is 0 Å². The van der Waals surface area contributed by atoms with Crippen molar-refractivity contribution in [2.45, 2.75) is 25.8 Å². The molecule has 0 radical (unpaired) electrons. The van der Waals surface area contributed by atoms with E-state index in [1.54, 1.807) is 11.0 Å². The van der Waals surface area contributed by atoms with Crippen LogP contribution in [0, 0.1) is 5.92 Å². The number of amides is 1. The van der Waals surface area contributed by atoms with Crippen molar-refractivity contribution >= 4 is 11.6 Å². The van der Waals surface area contributed by atoms with E-state index in [2.05, 4.69) is 27.6 Å². The molecule has 110 valence electrons. The minimum atomic E-state index is -0.137. The summed E-state index contributed by atoms with van der Waals surface area (Å²) in [6.07, 6.45) is 5.30. The van der Waals surface area contributed by atoms with Gasteiger partial charge in [-0.2, -0.15) is 5.10 Å². The Kier molecular flexibility index (Phi) is 3.96. The Morgan fingerprint density at radius 3 is 3.05 bits per heavy atom. The van der Waals surface area contributed by atoms with Crippen molar-refractivity contribution in [3.05, 3.63) is 36.9 Å². The third-order valence-corrected chi connectivity index (χ3v) is 3.88. The quantitative estimate of drug-likeness (QED) is 0.898. The molecule has 1 aliphatic heterocycles. The van der Waals surface area contributed by atoms with E-state index < -0.39 is 0 Å². The van der Waals surface area contributed by atoms with Crippen LogP contribution in [0.4, 0.5) is 5.69 Å². The summed E-state index contributed by atoms with van der Waals surface area (Å²) in [5.74, 6) is 0.354. The van der Waals surface area contributed by atoms with Crippen molar-refractivity contribution in [1.82, 2.24) is 20.1 Å². The molecule has 1 aromatic carbocycles. The lowest BCUT2D eigenvalue weighted by molar-refractivity contribution is -0.119. The van der Waals surface area contributed by atoms with Gasteiger partial charge in [0.25, 0.3) is 0 Å². The molecule has 2 unspecified atom stereocenters. The Morgan fingerprint density at radius 1 is 1.43 bits per heavy atom. The fraction of sp³-hybridized carbons (Fsp3) is 0.400. The maximum Gasteiger partial charge on any atom is 0.241 e. The second-order valence-electron chi connectivity index (χ2n) is 5.40. The van der Waals surface area contributed by atoms with E-state index in [1.165, 1.54) is 6.33 Å². The number of piperidine rings is 1. The topological polar surface area (TPSA) is 71.8 Å². The van der Waals surface area contributed by atoms with E-state index in [0.717, 1.165) is 30.8 Å². The van der Waals surface area contributed by atoms with Crippen LogP contribution in [0.25, 0.3) is 5.69 Å².